The fourth-order valence-electron chi connectivity index (χ4n) is 2.21. The predicted octanol–water partition coefficient (Wildman–Crippen LogP) is 1.18. The molecule has 1 aliphatic carbocycles. The summed E-state index contributed by atoms with van der Waals surface area (Å²) in [5.74, 6) is -2.03. The Balaban J connectivity index is 2.10. The summed E-state index contributed by atoms with van der Waals surface area (Å²) in [6.45, 7) is 0. The number of aromatic nitrogens is 1. The summed E-state index contributed by atoms with van der Waals surface area (Å²) >= 11 is 0. The van der Waals surface area contributed by atoms with Gasteiger partial charge in [-0.1, -0.05) is 0 Å². The second kappa shape index (κ2) is 3.57. The van der Waals surface area contributed by atoms with Crippen molar-refractivity contribution in [3.05, 3.63) is 34.3 Å². The molecule has 1 fully saturated rings. The summed E-state index contributed by atoms with van der Waals surface area (Å²) in [5.41, 5.74) is -0.147. The first-order valence-corrected chi connectivity index (χ1v) is 5.83. The van der Waals surface area contributed by atoms with Gasteiger partial charge in [-0.15, -0.1) is 0 Å². The van der Waals surface area contributed by atoms with Gasteiger partial charge in [0, 0.05) is 12.6 Å². The molecule has 0 radical (unpaired) electrons. The van der Waals surface area contributed by atoms with Crippen LogP contribution in [0.5, 0.6) is 0 Å². The summed E-state index contributed by atoms with van der Waals surface area (Å²) in [5, 5.41) is 9.10. The number of hydrogen-bond donors (Lipinski definition) is 1. The molecule has 6 heteroatoms. The molecule has 1 aliphatic rings. The van der Waals surface area contributed by atoms with Crippen LogP contribution in [0.2, 0.25) is 0 Å². The van der Waals surface area contributed by atoms with Crippen molar-refractivity contribution < 1.29 is 19.1 Å². The molecular weight excluding hydrogens is 250 g/mol. The highest BCUT2D eigenvalue weighted by Crippen LogP contribution is 2.48. The number of carboxylic acid groups (broad SMARTS) is 1. The van der Waals surface area contributed by atoms with Crippen molar-refractivity contribution in [1.29, 1.82) is 0 Å². The molecule has 0 atom stereocenters. The van der Waals surface area contributed by atoms with Gasteiger partial charge >= 0.3 is 11.7 Å². The summed E-state index contributed by atoms with van der Waals surface area (Å²) in [4.78, 5) is 34.7. The van der Waals surface area contributed by atoms with E-state index in [2.05, 4.69) is 0 Å². The highest BCUT2D eigenvalue weighted by molar-refractivity contribution is 6.15. The van der Waals surface area contributed by atoms with Crippen LogP contribution in [0.25, 0.3) is 11.1 Å². The number of hydrogen-bond acceptors (Lipinski definition) is 4. The van der Waals surface area contributed by atoms with Gasteiger partial charge in [-0.2, -0.15) is 0 Å². The monoisotopic (exact) mass is 261 g/mol. The van der Waals surface area contributed by atoms with Crippen LogP contribution >= 0.6 is 0 Å². The van der Waals surface area contributed by atoms with E-state index in [0.29, 0.717) is 23.9 Å². The van der Waals surface area contributed by atoms with Crippen molar-refractivity contribution in [3.63, 3.8) is 0 Å². The average Bonchev–Trinajstić information content (AvgIpc) is 3.13. The van der Waals surface area contributed by atoms with Gasteiger partial charge in [0.1, 0.15) is 5.41 Å². The molecule has 1 aromatic carbocycles. The van der Waals surface area contributed by atoms with Gasteiger partial charge in [0.25, 0.3) is 0 Å². The van der Waals surface area contributed by atoms with Gasteiger partial charge in [-0.05, 0) is 31.0 Å². The zero-order chi connectivity index (χ0) is 13.8. The number of rotatable bonds is 3. The number of nitrogens with zero attached hydrogens (tertiary/aromatic N) is 1. The minimum Gasteiger partial charge on any atom is -0.480 e. The molecule has 6 nitrogen and oxygen atoms in total. The number of benzene rings is 1. The maximum absolute atomic E-state index is 12.2. The Labute approximate surface area is 107 Å². The Morgan fingerprint density at radius 3 is 2.63 bits per heavy atom. The lowest BCUT2D eigenvalue weighted by molar-refractivity contribution is -0.141. The van der Waals surface area contributed by atoms with Crippen LogP contribution in [-0.2, 0) is 11.8 Å². The third-order valence-electron chi connectivity index (χ3n) is 3.65. The number of carbonyl (C=O) groups is 2. The van der Waals surface area contributed by atoms with Gasteiger partial charge in [0.2, 0.25) is 0 Å². The molecule has 98 valence electrons. The lowest BCUT2D eigenvalue weighted by atomic mass is 9.95. The van der Waals surface area contributed by atoms with Crippen LogP contribution in [0.3, 0.4) is 0 Å². The summed E-state index contributed by atoms with van der Waals surface area (Å²) in [6, 6.07) is 4.55. The maximum Gasteiger partial charge on any atom is 0.419 e. The number of carbonyl (C=O) groups excluding carboxylic acids is 1. The van der Waals surface area contributed by atoms with Gasteiger partial charge < -0.3 is 9.52 Å². The number of aryl methyl sites for hydroxylation is 1. The second-order valence-corrected chi connectivity index (χ2v) is 4.83. The number of ketones is 1. The zero-order valence-electron chi connectivity index (χ0n) is 10.2. The first-order chi connectivity index (χ1) is 8.95. The van der Waals surface area contributed by atoms with E-state index in [1.807, 2.05) is 0 Å². The Bertz CT molecular complexity index is 763. The standard InChI is InChI=1S/C13H11NO5/c1-14-8-3-2-7(6-9(8)19-12(14)18)10(15)13(4-5-13)11(16)17/h2-3,6H,4-5H2,1H3,(H,16,17). The van der Waals surface area contributed by atoms with E-state index in [0.717, 1.165) is 0 Å². The van der Waals surface area contributed by atoms with E-state index < -0.39 is 22.9 Å². The SMILES string of the molecule is Cn1c(=O)oc2cc(C(=O)C3(C(=O)O)CC3)ccc21. The van der Waals surface area contributed by atoms with E-state index in [4.69, 9.17) is 9.52 Å². The first-order valence-electron chi connectivity index (χ1n) is 5.83. The van der Waals surface area contributed by atoms with Crippen LogP contribution in [0.4, 0.5) is 0 Å². The van der Waals surface area contributed by atoms with Gasteiger partial charge in [0.05, 0.1) is 5.52 Å². The molecule has 19 heavy (non-hydrogen) atoms. The molecule has 0 amide bonds. The van der Waals surface area contributed by atoms with Gasteiger partial charge in [-0.25, -0.2) is 4.79 Å². The topological polar surface area (TPSA) is 89.5 Å². The Hall–Kier alpha value is -2.37. The minimum absolute atomic E-state index is 0.266. The molecule has 1 aromatic heterocycles. The summed E-state index contributed by atoms with van der Waals surface area (Å²) in [7, 11) is 1.56. The molecule has 0 bridgehead atoms. The number of Topliss-reactive ketones (excluding diaryl/α,β-unsaturated/α-hetero) is 1. The van der Waals surface area contributed by atoms with Crippen molar-refractivity contribution in [2.75, 3.05) is 0 Å². The number of oxazole rings is 1. The first kappa shape index (κ1) is 11.7. The molecule has 0 aliphatic heterocycles. The van der Waals surface area contributed by atoms with E-state index >= 15 is 0 Å². The number of aliphatic carboxylic acids is 1. The van der Waals surface area contributed by atoms with Gasteiger partial charge in [0.15, 0.2) is 11.4 Å². The lowest BCUT2D eigenvalue weighted by Gasteiger charge is -2.08. The van der Waals surface area contributed by atoms with Crippen molar-refractivity contribution in [2.24, 2.45) is 12.5 Å². The lowest BCUT2D eigenvalue weighted by Crippen LogP contribution is -2.25. The molecule has 1 N–H and O–H groups in total. The molecular formula is C13H11NO5. The van der Waals surface area contributed by atoms with E-state index in [1.54, 1.807) is 13.1 Å². The molecule has 0 unspecified atom stereocenters. The summed E-state index contributed by atoms with van der Waals surface area (Å²) < 4.78 is 6.32. The fraction of sp³-hybridized carbons (Fsp3) is 0.308. The molecule has 1 saturated carbocycles. The van der Waals surface area contributed by atoms with Crippen molar-refractivity contribution in [2.45, 2.75) is 12.8 Å². The Morgan fingerprint density at radius 1 is 1.37 bits per heavy atom. The molecule has 0 spiro atoms. The van der Waals surface area contributed by atoms with Crippen LogP contribution in [0.1, 0.15) is 23.2 Å². The van der Waals surface area contributed by atoms with Crippen LogP contribution in [-0.4, -0.2) is 21.4 Å². The summed E-state index contributed by atoms with van der Waals surface area (Å²) in [6.07, 6.45) is 0.718. The predicted molar refractivity (Wildman–Crippen MR) is 65.1 cm³/mol. The fourth-order valence-corrected chi connectivity index (χ4v) is 2.21. The van der Waals surface area contributed by atoms with Crippen LogP contribution in [0.15, 0.2) is 27.4 Å². The van der Waals surface area contributed by atoms with E-state index in [-0.39, 0.29) is 5.56 Å². The van der Waals surface area contributed by atoms with Crippen LogP contribution < -0.4 is 5.76 Å². The Morgan fingerprint density at radius 2 is 2.05 bits per heavy atom. The third-order valence-corrected chi connectivity index (χ3v) is 3.65. The normalized spacial score (nSPS) is 16.5. The second-order valence-electron chi connectivity index (χ2n) is 4.83. The quantitative estimate of drug-likeness (QED) is 0.661. The highest BCUT2D eigenvalue weighted by Gasteiger charge is 2.56. The van der Waals surface area contributed by atoms with Gasteiger partial charge in [-0.3, -0.25) is 14.2 Å². The average molecular weight is 261 g/mol. The Kier molecular flexibility index (Phi) is 2.20. The van der Waals surface area contributed by atoms with Crippen molar-refractivity contribution in [3.8, 4) is 0 Å². The zero-order valence-corrected chi connectivity index (χ0v) is 10.2. The molecule has 1 heterocycles. The van der Waals surface area contributed by atoms with E-state index in [1.165, 1.54) is 16.7 Å². The van der Waals surface area contributed by atoms with Crippen LogP contribution in [0, 0.1) is 5.41 Å². The minimum atomic E-state index is -1.28. The number of carboxylic acids is 1. The van der Waals surface area contributed by atoms with Crippen molar-refractivity contribution in [1.82, 2.24) is 4.57 Å². The number of fused-ring (bicyclic) bond motifs is 1. The van der Waals surface area contributed by atoms with Crippen molar-refractivity contribution >= 4 is 22.9 Å². The largest absolute Gasteiger partial charge is 0.480 e. The molecule has 0 saturated heterocycles. The maximum atomic E-state index is 12.2. The molecule has 2 aromatic rings. The highest BCUT2D eigenvalue weighted by atomic mass is 16.4. The third kappa shape index (κ3) is 1.53. The van der Waals surface area contributed by atoms with E-state index in [9.17, 15) is 14.4 Å². The smallest absolute Gasteiger partial charge is 0.419 e. The molecule has 3 rings (SSSR count).